The first kappa shape index (κ1) is 15.3. The molecular weight excluding hydrogens is 268 g/mol. The summed E-state index contributed by atoms with van der Waals surface area (Å²) in [5, 5.41) is 8.99. The number of nitrogens with zero attached hydrogens (tertiary/aromatic N) is 2. The van der Waals surface area contributed by atoms with Crippen LogP contribution in [0, 0.1) is 0 Å². The number of carbonyl (C=O) groups is 2. The average molecular weight is 288 g/mol. The van der Waals surface area contributed by atoms with Crippen LogP contribution in [0.1, 0.15) is 12.5 Å². The SMILES string of the molecule is CC(C(=O)O)N1CCN(C(=O)C=Cc2ccccc2)CC1. The van der Waals surface area contributed by atoms with E-state index >= 15 is 0 Å². The minimum absolute atomic E-state index is 0.0264. The van der Waals surface area contributed by atoms with Gasteiger partial charge in [0.15, 0.2) is 0 Å². The highest BCUT2D eigenvalue weighted by Crippen LogP contribution is 2.08. The Morgan fingerprint density at radius 2 is 1.76 bits per heavy atom. The molecule has 1 aromatic carbocycles. The zero-order valence-corrected chi connectivity index (χ0v) is 12.1. The van der Waals surface area contributed by atoms with E-state index in [0.29, 0.717) is 26.2 Å². The number of carboxylic acid groups (broad SMARTS) is 1. The fourth-order valence-corrected chi connectivity index (χ4v) is 2.32. The lowest BCUT2D eigenvalue weighted by Crippen LogP contribution is -2.52. The molecule has 0 aliphatic carbocycles. The molecule has 1 fully saturated rings. The lowest BCUT2D eigenvalue weighted by atomic mass is 10.2. The number of amides is 1. The predicted octanol–water partition coefficient (Wildman–Crippen LogP) is 1.32. The van der Waals surface area contributed by atoms with Gasteiger partial charge in [0.2, 0.25) is 5.91 Å². The normalized spacial score (nSPS) is 17.9. The average Bonchev–Trinajstić information content (AvgIpc) is 2.53. The second kappa shape index (κ2) is 7.04. The van der Waals surface area contributed by atoms with Crippen LogP contribution in [-0.4, -0.2) is 59.0 Å². The van der Waals surface area contributed by atoms with Crippen LogP contribution in [0.4, 0.5) is 0 Å². The van der Waals surface area contributed by atoms with Gasteiger partial charge in [0.25, 0.3) is 0 Å². The molecule has 1 aliphatic heterocycles. The summed E-state index contributed by atoms with van der Waals surface area (Å²) in [7, 11) is 0. The van der Waals surface area contributed by atoms with Crippen LogP contribution in [0.5, 0.6) is 0 Å². The van der Waals surface area contributed by atoms with Crippen LogP contribution in [0.15, 0.2) is 36.4 Å². The summed E-state index contributed by atoms with van der Waals surface area (Å²) in [4.78, 5) is 26.7. The quantitative estimate of drug-likeness (QED) is 0.849. The standard InChI is InChI=1S/C16H20N2O3/c1-13(16(20)21)17-9-11-18(12-10-17)15(19)8-7-14-5-3-2-4-6-14/h2-8,13H,9-12H2,1H3,(H,20,21). The van der Waals surface area contributed by atoms with Gasteiger partial charge in [0, 0.05) is 32.3 Å². The molecule has 0 radical (unpaired) electrons. The number of hydrogen-bond donors (Lipinski definition) is 1. The third-order valence-electron chi connectivity index (χ3n) is 3.75. The van der Waals surface area contributed by atoms with E-state index in [1.165, 1.54) is 0 Å². The summed E-state index contributed by atoms with van der Waals surface area (Å²) in [6.45, 7) is 4.00. The van der Waals surface area contributed by atoms with Crippen LogP contribution in [-0.2, 0) is 9.59 Å². The number of carboxylic acids is 1. The maximum atomic E-state index is 12.1. The molecule has 5 nitrogen and oxygen atoms in total. The van der Waals surface area contributed by atoms with Crippen molar-refractivity contribution in [2.45, 2.75) is 13.0 Å². The third-order valence-corrected chi connectivity index (χ3v) is 3.75. The van der Waals surface area contributed by atoms with Crippen molar-refractivity contribution in [1.82, 2.24) is 9.80 Å². The largest absolute Gasteiger partial charge is 0.480 e. The highest BCUT2D eigenvalue weighted by atomic mass is 16.4. The molecule has 1 saturated heterocycles. The maximum absolute atomic E-state index is 12.1. The van der Waals surface area contributed by atoms with Crippen molar-refractivity contribution in [3.8, 4) is 0 Å². The van der Waals surface area contributed by atoms with Crippen molar-refractivity contribution in [2.75, 3.05) is 26.2 Å². The molecule has 2 rings (SSSR count). The lowest BCUT2D eigenvalue weighted by Gasteiger charge is -2.36. The molecule has 0 bridgehead atoms. The minimum Gasteiger partial charge on any atom is -0.480 e. The van der Waals surface area contributed by atoms with Crippen molar-refractivity contribution in [1.29, 1.82) is 0 Å². The van der Waals surface area contributed by atoms with E-state index in [4.69, 9.17) is 5.11 Å². The topological polar surface area (TPSA) is 60.9 Å². The molecule has 1 heterocycles. The Kier molecular flexibility index (Phi) is 5.11. The van der Waals surface area contributed by atoms with Gasteiger partial charge in [-0.2, -0.15) is 0 Å². The van der Waals surface area contributed by atoms with Crippen molar-refractivity contribution in [2.24, 2.45) is 0 Å². The van der Waals surface area contributed by atoms with Crippen LogP contribution < -0.4 is 0 Å². The molecule has 112 valence electrons. The second-order valence-corrected chi connectivity index (χ2v) is 5.12. The Hall–Kier alpha value is -2.14. The Morgan fingerprint density at radius 3 is 2.33 bits per heavy atom. The number of piperazine rings is 1. The molecule has 1 amide bonds. The Balaban J connectivity index is 1.86. The van der Waals surface area contributed by atoms with Gasteiger partial charge in [0.1, 0.15) is 6.04 Å². The van der Waals surface area contributed by atoms with E-state index in [2.05, 4.69) is 0 Å². The van der Waals surface area contributed by atoms with E-state index in [0.717, 1.165) is 5.56 Å². The summed E-state index contributed by atoms with van der Waals surface area (Å²) in [6.07, 6.45) is 3.38. The number of hydrogen-bond acceptors (Lipinski definition) is 3. The smallest absolute Gasteiger partial charge is 0.320 e. The molecular formula is C16H20N2O3. The van der Waals surface area contributed by atoms with Gasteiger partial charge in [-0.3, -0.25) is 14.5 Å². The van der Waals surface area contributed by atoms with E-state index in [1.807, 2.05) is 35.2 Å². The molecule has 1 unspecified atom stereocenters. The van der Waals surface area contributed by atoms with Gasteiger partial charge in [-0.15, -0.1) is 0 Å². The Morgan fingerprint density at radius 1 is 1.14 bits per heavy atom. The van der Waals surface area contributed by atoms with Gasteiger partial charge < -0.3 is 10.0 Å². The maximum Gasteiger partial charge on any atom is 0.320 e. The van der Waals surface area contributed by atoms with Gasteiger partial charge in [0.05, 0.1) is 0 Å². The van der Waals surface area contributed by atoms with Crippen molar-refractivity contribution in [3.63, 3.8) is 0 Å². The minimum atomic E-state index is -0.821. The summed E-state index contributed by atoms with van der Waals surface area (Å²) in [6, 6.07) is 9.17. The molecule has 1 atom stereocenters. The van der Waals surface area contributed by atoms with Crippen molar-refractivity contribution in [3.05, 3.63) is 42.0 Å². The lowest BCUT2D eigenvalue weighted by molar-refractivity contribution is -0.143. The molecule has 0 aromatic heterocycles. The van der Waals surface area contributed by atoms with Crippen LogP contribution in [0.2, 0.25) is 0 Å². The fourth-order valence-electron chi connectivity index (χ4n) is 2.32. The van der Waals surface area contributed by atoms with Gasteiger partial charge in [-0.05, 0) is 18.6 Å². The highest BCUT2D eigenvalue weighted by Gasteiger charge is 2.26. The van der Waals surface area contributed by atoms with Gasteiger partial charge in [-0.25, -0.2) is 0 Å². The van der Waals surface area contributed by atoms with Crippen molar-refractivity contribution >= 4 is 18.0 Å². The molecule has 21 heavy (non-hydrogen) atoms. The van der Waals surface area contributed by atoms with Crippen molar-refractivity contribution < 1.29 is 14.7 Å². The molecule has 0 spiro atoms. The first-order valence-electron chi connectivity index (χ1n) is 7.07. The van der Waals surface area contributed by atoms with E-state index < -0.39 is 12.0 Å². The number of rotatable bonds is 4. The molecule has 5 heteroatoms. The highest BCUT2D eigenvalue weighted by molar-refractivity contribution is 5.91. The Labute approximate surface area is 124 Å². The summed E-state index contributed by atoms with van der Waals surface area (Å²) >= 11 is 0. The van der Waals surface area contributed by atoms with Crippen LogP contribution in [0.25, 0.3) is 6.08 Å². The molecule has 0 saturated carbocycles. The fraction of sp³-hybridized carbons (Fsp3) is 0.375. The molecule has 1 N–H and O–H groups in total. The first-order chi connectivity index (χ1) is 10.1. The zero-order chi connectivity index (χ0) is 15.2. The van der Waals surface area contributed by atoms with Crippen LogP contribution >= 0.6 is 0 Å². The monoisotopic (exact) mass is 288 g/mol. The van der Waals surface area contributed by atoms with E-state index in [1.54, 1.807) is 24.0 Å². The van der Waals surface area contributed by atoms with E-state index in [-0.39, 0.29) is 5.91 Å². The summed E-state index contributed by atoms with van der Waals surface area (Å²) in [5.41, 5.74) is 0.990. The summed E-state index contributed by atoms with van der Waals surface area (Å²) < 4.78 is 0. The number of aliphatic carboxylic acids is 1. The van der Waals surface area contributed by atoms with Gasteiger partial charge >= 0.3 is 5.97 Å². The van der Waals surface area contributed by atoms with Gasteiger partial charge in [-0.1, -0.05) is 30.3 Å². The first-order valence-corrected chi connectivity index (χ1v) is 7.07. The zero-order valence-electron chi connectivity index (χ0n) is 12.1. The summed E-state index contributed by atoms with van der Waals surface area (Å²) in [5.74, 6) is -0.847. The van der Waals surface area contributed by atoms with Crippen LogP contribution in [0.3, 0.4) is 0 Å². The number of carbonyl (C=O) groups excluding carboxylic acids is 1. The second-order valence-electron chi connectivity index (χ2n) is 5.12. The molecule has 1 aromatic rings. The number of benzene rings is 1. The third kappa shape index (κ3) is 4.16. The molecule has 1 aliphatic rings. The van der Waals surface area contributed by atoms with E-state index in [9.17, 15) is 9.59 Å². The Bertz CT molecular complexity index is 520. The predicted molar refractivity (Wildman–Crippen MR) is 80.7 cm³/mol.